The van der Waals surface area contributed by atoms with Crippen molar-refractivity contribution in [2.24, 2.45) is 7.05 Å². The molecule has 0 bridgehead atoms. The number of hydrogen-bond acceptors (Lipinski definition) is 3. The molecule has 166 valence electrons. The third-order valence-corrected chi connectivity index (χ3v) is 6.32. The lowest BCUT2D eigenvalue weighted by atomic mass is 9.94. The molecule has 0 radical (unpaired) electrons. The van der Waals surface area contributed by atoms with Gasteiger partial charge in [-0.15, -0.1) is 0 Å². The Morgan fingerprint density at radius 3 is 2.66 bits per heavy atom. The summed E-state index contributed by atoms with van der Waals surface area (Å²) in [7, 11) is 1.67. The number of halogens is 3. The molecular weight excluding hydrogens is 419 g/mol. The summed E-state index contributed by atoms with van der Waals surface area (Å²) < 4.78 is 48.5. The van der Waals surface area contributed by atoms with Gasteiger partial charge in [0.2, 0.25) is 0 Å². The molecule has 2 aromatic carbocycles. The van der Waals surface area contributed by atoms with Crippen LogP contribution >= 0.6 is 0 Å². The van der Waals surface area contributed by atoms with E-state index in [4.69, 9.17) is 4.74 Å². The lowest BCUT2D eigenvalue weighted by molar-refractivity contribution is 0.0668. The van der Waals surface area contributed by atoms with Crippen molar-refractivity contribution in [3.8, 4) is 17.0 Å². The van der Waals surface area contributed by atoms with Crippen LogP contribution in [0.25, 0.3) is 11.3 Å². The number of carbonyl (C=O) groups is 1. The number of aryl methyl sites for hydroxylation is 2. The maximum atomic E-state index is 13.9. The standard InChI is InChI=1S/C24H22F3N3O2/c1-13-21-16(22(29(2)28-21)15-11-18(25)20(27)19(26)12-15)8-9-30(13)24(31)17-7-3-5-14-6-4-10-32-23(14)17/h3,5,7,11-13H,4,6,8-10H2,1-2H3/t13-/m0/s1. The molecule has 8 heteroatoms. The highest BCUT2D eigenvalue weighted by molar-refractivity contribution is 5.98. The largest absolute Gasteiger partial charge is 0.492 e. The third kappa shape index (κ3) is 3.16. The highest BCUT2D eigenvalue weighted by Crippen LogP contribution is 2.38. The van der Waals surface area contributed by atoms with Gasteiger partial charge >= 0.3 is 0 Å². The minimum absolute atomic E-state index is 0.132. The van der Waals surface area contributed by atoms with Gasteiger partial charge in [0.25, 0.3) is 5.91 Å². The summed E-state index contributed by atoms with van der Waals surface area (Å²) in [5.74, 6) is -3.47. The fourth-order valence-corrected chi connectivity index (χ4v) is 4.79. The van der Waals surface area contributed by atoms with Gasteiger partial charge in [-0.05, 0) is 49.9 Å². The minimum Gasteiger partial charge on any atom is -0.492 e. The Labute approximate surface area is 183 Å². The molecular formula is C24H22F3N3O2. The van der Waals surface area contributed by atoms with Gasteiger partial charge in [-0.1, -0.05) is 12.1 Å². The van der Waals surface area contributed by atoms with Crippen LogP contribution in [-0.4, -0.2) is 33.7 Å². The Morgan fingerprint density at radius 1 is 1.16 bits per heavy atom. The number of rotatable bonds is 2. The van der Waals surface area contributed by atoms with Crippen LogP contribution in [0.4, 0.5) is 13.2 Å². The van der Waals surface area contributed by atoms with E-state index in [1.807, 2.05) is 19.1 Å². The number of hydrogen-bond donors (Lipinski definition) is 0. The second-order valence-electron chi connectivity index (χ2n) is 8.26. The maximum Gasteiger partial charge on any atom is 0.258 e. The highest BCUT2D eigenvalue weighted by Gasteiger charge is 2.35. The van der Waals surface area contributed by atoms with E-state index in [9.17, 15) is 18.0 Å². The summed E-state index contributed by atoms with van der Waals surface area (Å²) in [6.07, 6.45) is 2.27. The van der Waals surface area contributed by atoms with Gasteiger partial charge in [0.05, 0.1) is 29.6 Å². The fourth-order valence-electron chi connectivity index (χ4n) is 4.79. The number of fused-ring (bicyclic) bond motifs is 2. The lowest BCUT2D eigenvalue weighted by Gasteiger charge is -2.34. The molecule has 1 atom stereocenters. The highest BCUT2D eigenvalue weighted by atomic mass is 19.2. The molecule has 3 heterocycles. The molecule has 2 aliphatic rings. The van der Waals surface area contributed by atoms with E-state index in [-0.39, 0.29) is 17.5 Å². The van der Waals surface area contributed by atoms with Gasteiger partial charge in [0.15, 0.2) is 17.5 Å². The van der Waals surface area contributed by atoms with E-state index in [1.54, 1.807) is 18.0 Å². The fraction of sp³-hybridized carbons (Fsp3) is 0.333. The molecule has 3 aromatic rings. The summed E-state index contributed by atoms with van der Waals surface area (Å²) >= 11 is 0. The summed E-state index contributed by atoms with van der Waals surface area (Å²) in [5, 5.41) is 4.56. The van der Waals surface area contributed by atoms with Crippen molar-refractivity contribution < 1.29 is 22.7 Å². The molecule has 0 unspecified atom stereocenters. The molecule has 1 amide bonds. The Kier molecular flexibility index (Phi) is 4.95. The van der Waals surface area contributed by atoms with E-state index in [0.29, 0.717) is 42.3 Å². The first-order valence-electron chi connectivity index (χ1n) is 10.6. The molecule has 0 N–H and O–H groups in total. The van der Waals surface area contributed by atoms with Crippen molar-refractivity contribution >= 4 is 5.91 Å². The predicted octanol–water partition coefficient (Wildman–Crippen LogP) is 4.59. The Balaban J connectivity index is 1.51. The SMILES string of the molecule is C[C@H]1c2nn(C)c(-c3cc(F)c(F)c(F)c3)c2CCN1C(=O)c1cccc2c1OCCC2. The number of aromatic nitrogens is 2. The molecule has 0 aliphatic carbocycles. The summed E-state index contributed by atoms with van der Waals surface area (Å²) in [5.41, 5.74) is 3.79. The Bertz CT molecular complexity index is 1210. The predicted molar refractivity (Wildman–Crippen MR) is 112 cm³/mol. The van der Waals surface area contributed by atoms with Gasteiger partial charge < -0.3 is 9.64 Å². The molecule has 5 nitrogen and oxygen atoms in total. The maximum absolute atomic E-state index is 13.9. The number of amides is 1. The van der Waals surface area contributed by atoms with Crippen molar-refractivity contribution in [3.05, 3.63) is 70.2 Å². The zero-order valence-corrected chi connectivity index (χ0v) is 17.8. The minimum atomic E-state index is -1.50. The number of carbonyl (C=O) groups excluding carboxylic acids is 1. The molecule has 5 rings (SSSR count). The van der Waals surface area contributed by atoms with Gasteiger partial charge in [-0.25, -0.2) is 13.2 Å². The van der Waals surface area contributed by atoms with Gasteiger partial charge in [0.1, 0.15) is 5.75 Å². The second kappa shape index (κ2) is 7.69. The van der Waals surface area contributed by atoms with Crippen LogP contribution in [0.5, 0.6) is 5.75 Å². The third-order valence-electron chi connectivity index (χ3n) is 6.32. The van der Waals surface area contributed by atoms with Gasteiger partial charge in [-0.2, -0.15) is 5.10 Å². The smallest absolute Gasteiger partial charge is 0.258 e. The molecule has 2 aliphatic heterocycles. The van der Waals surface area contributed by atoms with Crippen LogP contribution in [0.2, 0.25) is 0 Å². The first kappa shape index (κ1) is 20.6. The van der Waals surface area contributed by atoms with Crippen LogP contribution in [-0.2, 0) is 19.9 Å². The van der Waals surface area contributed by atoms with Crippen LogP contribution in [0.1, 0.15) is 46.6 Å². The van der Waals surface area contributed by atoms with Crippen LogP contribution in [0, 0.1) is 17.5 Å². The van der Waals surface area contributed by atoms with Gasteiger partial charge in [0, 0.05) is 24.7 Å². The topological polar surface area (TPSA) is 47.4 Å². The molecule has 1 aromatic heterocycles. The second-order valence-corrected chi connectivity index (χ2v) is 8.26. The van der Waals surface area contributed by atoms with E-state index in [1.165, 1.54) is 4.68 Å². The number of ether oxygens (including phenoxy) is 1. The van der Waals surface area contributed by atoms with Crippen LogP contribution in [0.3, 0.4) is 0 Å². The molecule has 0 saturated carbocycles. The first-order valence-corrected chi connectivity index (χ1v) is 10.6. The molecule has 0 fully saturated rings. The molecule has 0 saturated heterocycles. The number of para-hydroxylation sites is 1. The molecule has 0 spiro atoms. The summed E-state index contributed by atoms with van der Waals surface area (Å²) in [6, 6.07) is 7.24. The van der Waals surface area contributed by atoms with E-state index < -0.39 is 17.5 Å². The van der Waals surface area contributed by atoms with Crippen molar-refractivity contribution in [2.75, 3.05) is 13.2 Å². The Morgan fingerprint density at radius 2 is 1.91 bits per heavy atom. The van der Waals surface area contributed by atoms with E-state index in [2.05, 4.69) is 5.10 Å². The zero-order valence-electron chi connectivity index (χ0n) is 17.8. The average molecular weight is 441 g/mol. The van der Waals surface area contributed by atoms with Crippen molar-refractivity contribution in [1.82, 2.24) is 14.7 Å². The normalized spacial score (nSPS) is 17.5. The van der Waals surface area contributed by atoms with Crippen LogP contribution < -0.4 is 4.74 Å². The number of benzene rings is 2. The van der Waals surface area contributed by atoms with E-state index >= 15 is 0 Å². The monoisotopic (exact) mass is 441 g/mol. The lowest BCUT2D eigenvalue weighted by Crippen LogP contribution is -2.39. The van der Waals surface area contributed by atoms with Crippen molar-refractivity contribution in [1.29, 1.82) is 0 Å². The summed E-state index contributed by atoms with van der Waals surface area (Å²) in [6.45, 7) is 2.89. The average Bonchev–Trinajstić information content (AvgIpc) is 3.13. The molecule has 32 heavy (non-hydrogen) atoms. The van der Waals surface area contributed by atoms with E-state index in [0.717, 1.165) is 36.1 Å². The Hall–Kier alpha value is -3.29. The van der Waals surface area contributed by atoms with Crippen LogP contribution in [0.15, 0.2) is 30.3 Å². The summed E-state index contributed by atoms with van der Waals surface area (Å²) in [4.78, 5) is 15.2. The van der Waals surface area contributed by atoms with Crippen molar-refractivity contribution in [3.63, 3.8) is 0 Å². The zero-order chi connectivity index (χ0) is 22.6. The number of nitrogens with zero attached hydrogens (tertiary/aromatic N) is 3. The van der Waals surface area contributed by atoms with Gasteiger partial charge in [-0.3, -0.25) is 9.48 Å². The van der Waals surface area contributed by atoms with Crippen molar-refractivity contribution in [2.45, 2.75) is 32.2 Å². The first-order chi connectivity index (χ1) is 15.4. The quantitative estimate of drug-likeness (QED) is 0.547.